The molecular weight excluding hydrogens is 290 g/mol. The van der Waals surface area contributed by atoms with Gasteiger partial charge in [0.05, 0.1) is 0 Å². The molecule has 2 aliphatic heterocycles. The molecule has 0 unspecified atom stereocenters. The minimum Gasteiger partial charge on any atom is -0.381 e. The minimum atomic E-state index is 0.319. The molecule has 5 heteroatoms. The molecule has 1 amide bonds. The number of carbonyl (C=O) groups is 1. The van der Waals surface area contributed by atoms with Gasteiger partial charge in [0.1, 0.15) is 0 Å². The summed E-state index contributed by atoms with van der Waals surface area (Å²) in [5, 5.41) is 0. The Hall–Kier alpha value is -1.33. The fraction of sp³-hybridized carbons (Fsp3) is 0.722. The van der Waals surface area contributed by atoms with Crippen molar-refractivity contribution in [3.8, 4) is 0 Å². The zero-order chi connectivity index (χ0) is 16.1. The highest BCUT2D eigenvalue weighted by Crippen LogP contribution is 2.25. The first-order valence-corrected chi connectivity index (χ1v) is 9.01. The fourth-order valence-corrected chi connectivity index (χ4v) is 3.91. The molecule has 1 aromatic heterocycles. The molecule has 3 heterocycles. The van der Waals surface area contributed by atoms with Gasteiger partial charge in [-0.05, 0) is 37.8 Å². The average molecular weight is 319 g/mol. The first-order valence-electron chi connectivity index (χ1n) is 9.01. The molecule has 0 saturated carbocycles. The fourth-order valence-electron chi connectivity index (χ4n) is 3.91. The van der Waals surface area contributed by atoms with Crippen molar-refractivity contribution >= 4 is 5.91 Å². The van der Waals surface area contributed by atoms with Crippen LogP contribution in [0.25, 0.3) is 0 Å². The van der Waals surface area contributed by atoms with Crippen LogP contribution in [0, 0.1) is 0 Å². The summed E-state index contributed by atoms with van der Waals surface area (Å²) in [6, 6.07) is 4.98. The number of ether oxygens (including phenoxy) is 1. The van der Waals surface area contributed by atoms with Gasteiger partial charge in [0.25, 0.3) is 0 Å². The second-order valence-corrected chi connectivity index (χ2v) is 6.70. The van der Waals surface area contributed by atoms with Crippen molar-refractivity contribution in [1.82, 2.24) is 14.8 Å². The molecule has 128 valence electrons. The maximum absolute atomic E-state index is 12.5. The van der Waals surface area contributed by atoms with Crippen molar-refractivity contribution in [2.24, 2.45) is 0 Å². The van der Waals surface area contributed by atoms with E-state index in [0.29, 0.717) is 24.4 Å². The number of rotatable bonds is 5. The minimum absolute atomic E-state index is 0.319. The molecule has 1 aromatic rings. The summed E-state index contributed by atoms with van der Waals surface area (Å²) in [4.78, 5) is 20.5. The smallest absolute Gasteiger partial charge is 0.222 e. The van der Waals surface area contributed by atoms with Gasteiger partial charge in [-0.2, -0.15) is 0 Å². The van der Waals surface area contributed by atoms with Crippen LogP contribution in [-0.4, -0.2) is 59.1 Å². The van der Waals surface area contributed by atoms with Crippen LogP contribution in [0.1, 0.15) is 44.7 Å². The van der Waals surface area contributed by atoms with E-state index in [1.807, 2.05) is 13.1 Å². The van der Waals surface area contributed by atoms with Gasteiger partial charge in [-0.25, -0.2) is 0 Å². The summed E-state index contributed by atoms with van der Waals surface area (Å²) >= 11 is 0. The number of hydrogen-bond acceptors (Lipinski definition) is 3. The highest BCUT2D eigenvalue weighted by molar-refractivity contribution is 5.76. The lowest BCUT2D eigenvalue weighted by Gasteiger charge is -2.43. The van der Waals surface area contributed by atoms with Crippen LogP contribution in [-0.2, 0) is 16.1 Å². The Morgan fingerprint density at radius 3 is 2.57 bits per heavy atom. The topological polar surface area (TPSA) is 48.6 Å². The quantitative estimate of drug-likeness (QED) is 0.906. The van der Waals surface area contributed by atoms with Crippen molar-refractivity contribution < 1.29 is 9.53 Å². The van der Waals surface area contributed by atoms with Gasteiger partial charge in [0.2, 0.25) is 5.91 Å². The van der Waals surface area contributed by atoms with Gasteiger partial charge < -0.3 is 14.6 Å². The predicted octanol–water partition coefficient (Wildman–Crippen LogP) is 2.40. The molecule has 23 heavy (non-hydrogen) atoms. The summed E-state index contributed by atoms with van der Waals surface area (Å²) in [6.07, 6.45) is 6.76. The second kappa shape index (κ2) is 7.97. The molecular formula is C18H29N3O2. The van der Waals surface area contributed by atoms with Gasteiger partial charge in [0, 0.05) is 63.2 Å². The van der Waals surface area contributed by atoms with Crippen molar-refractivity contribution in [2.45, 2.75) is 57.7 Å². The van der Waals surface area contributed by atoms with Crippen molar-refractivity contribution in [2.75, 3.05) is 26.3 Å². The van der Waals surface area contributed by atoms with Gasteiger partial charge in [0.15, 0.2) is 0 Å². The van der Waals surface area contributed by atoms with E-state index in [2.05, 4.69) is 26.9 Å². The number of nitrogens with one attached hydrogen (secondary N) is 1. The summed E-state index contributed by atoms with van der Waals surface area (Å²) in [5.74, 6) is 0.319. The number of aromatic amines is 1. The number of likely N-dealkylation sites (tertiary alicyclic amines) is 1. The molecule has 0 radical (unpaired) electrons. The average Bonchev–Trinajstić information content (AvgIpc) is 3.10. The molecule has 0 atom stereocenters. The van der Waals surface area contributed by atoms with Gasteiger partial charge in [-0.1, -0.05) is 6.92 Å². The van der Waals surface area contributed by atoms with E-state index in [0.717, 1.165) is 58.5 Å². The third kappa shape index (κ3) is 4.15. The van der Waals surface area contributed by atoms with E-state index in [4.69, 9.17) is 4.74 Å². The lowest BCUT2D eigenvalue weighted by molar-refractivity contribution is -0.139. The summed E-state index contributed by atoms with van der Waals surface area (Å²) in [7, 11) is 0. The van der Waals surface area contributed by atoms with Gasteiger partial charge in [-0.15, -0.1) is 0 Å². The van der Waals surface area contributed by atoms with Crippen LogP contribution in [0.5, 0.6) is 0 Å². The second-order valence-electron chi connectivity index (χ2n) is 6.70. The third-order valence-corrected chi connectivity index (χ3v) is 5.18. The molecule has 0 aliphatic carbocycles. The molecule has 0 aromatic carbocycles. The van der Waals surface area contributed by atoms with Crippen LogP contribution in [0.2, 0.25) is 0 Å². The van der Waals surface area contributed by atoms with E-state index in [1.54, 1.807) is 0 Å². The molecule has 1 N–H and O–H groups in total. The molecule has 2 saturated heterocycles. The van der Waals surface area contributed by atoms with Crippen LogP contribution in [0.4, 0.5) is 0 Å². The maximum Gasteiger partial charge on any atom is 0.222 e. The number of carbonyl (C=O) groups excluding carboxylic acids is 1. The van der Waals surface area contributed by atoms with E-state index < -0.39 is 0 Å². The number of piperidine rings is 1. The highest BCUT2D eigenvalue weighted by Gasteiger charge is 2.33. The number of aromatic nitrogens is 1. The Balaban J connectivity index is 1.57. The Kier molecular flexibility index (Phi) is 5.73. The number of hydrogen-bond donors (Lipinski definition) is 1. The first-order chi connectivity index (χ1) is 11.3. The molecule has 5 nitrogen and oxygen atoms in total. The van der Waals surface area contributed by atoms with E-state index in [1.165, 1.54) is 5.69 Å². The normalized spacial score (nSPS) is 21.4. The summed E-state index contributed by atoms with van der Waals surface area (Å²) in [6.45, 7) is 6.70. The van der Waals surface area contributed by atoms with Crippen LogP contribution in [0.15, 0.2) is 18.3 Å². The van der Waals surface area contributed by atoms with Crippen molar-refractivity contribution in [1.29, 1.82) is 0 Å². The number of H-pyrrole nitrogens is 1. The Morgan fingerprint density at radius 1 is 1.26 bits per heavy atom. The zero-order valence-electron chi connectivity index (χ0n) is 14.2. The van der Waals surface area contributed by atoms with Gasteiger partial charge >= 0.3 is 0 Å². The van der Waals surface area contributed by atoms with Crippen LogP contribution >= 0.6 is 0 Å². The standard InChI is InChI=1S/C18H29N3O2/c1-2-18(22)21(17-7-12-23-13-8-17)16-5-10-20(11-6-16)14-15-4-3-9-19-15/h3-4,9,16-17,19H,2,5-8,10-14H2,1H3. The predicted molar refractivity (Wildman–Crippen MR) is 90.1 cm³/mol. The first kappa shape index (κ1) is 16.5. The zero-order valence-corrected chi connectivity index (χ0v) is 14.2. The molecule has 2 aliphatic rings. The SMILES string of the molecule is CCC(=O)N(C1CCOCC1)C1CCN(Cc2ccc[nH]2)CC1. The molecule has 2 fully saturated rings. The largest absolute Gasteiger partial charge is 0.381 e. The van der Waals surface area contributed by atoms with Crippen molar-refractivity contribution in [3.05, 3.63) is 24.0 Å². The lowest BCUT2D eigenvalue weighted by Crippen LogP contribution is -2.52. The van der Waals surface area contributed by atoms with Crippen LogP contribution < -0.4 is 0 Å². The van der Waals surface area contributed by atoms with Crippen molar-refractivity contribution in [3.63, 3.8) is 0 Å². The third-order valence-electron chi connectivity index (χ3n) is 5.18. The molecule has 3 rings (SSSR count). The maximum atomic E-state index is 12.5. The Bertz CT molecular complexity index is 474. The van der Waals surface area contributed by atoms with Gasteiger partial charge in [-0.3, -0.25) is 9.69 Å². The Morgan fingerprint density at radius 2 is 1.96 bits per heavy atom. The van der Waals surface area contributed by atoms with E-state index in [-0.39, 0.29) is 0 Å². The molecule has 0 bridgehead atoms. The Labute approximate surface area is 139 Å². The highest BCUT2D eigenvalue weighted by atomic mass is 16.5. The summed E-state index contributed by atoms with van der Waals surface area (Å²) in [5.41, 5.74) is 1.27. The molecule has 0 spiro atoms. The number of amides is 1. The van der Waals surface area contributed by atoms with E-state index >= 15 is 0 Å². The number of nitrogens with zero attached hydrogens (tertiary/aromatic N) is 2. The van der Waals surface area contributed by atoms with E-state index in [9.17, 15) is 4.79 Å². The summed E-state index contributed by atoms with van der Waals surface area (Å²) < 4.78 is 5.48. The van der Waals surface area contributed by atoms with Crippen LogP contribution in [0.3, 0.4) is 0 Å². The monoisotopic (exact) mass is 319 g/mol. The lowest BCUT2D eigenvalue weighted by atomic mass is 9.97.